The van der Waals surface area contributed by atoms with Crippen molar-refractivity contribution in [2.24, 2.45) is 5.73 Å². The zero-order chi connectivity index (χ0) is 26.5. The van der Waals surface area contributed by atoms with Gasteiger partial charge in [0.15, 0.2) is 0 Å². The Morgan fingerprint density at radius 2 is 1.73 bits per heavy atom. The molecule has 1 aliphatic rings. The van der Waals surface area contributed by atoms with Crippen LogP contribution in [0.1, 0.15) is 33.5 Å². The van der Waals surface area contributed by atoms with Crippen LogP contribution >= 0.6 is 0 Å². The number of nitrogens with zero attached hydrogens (tertiary/aromatic N) is 2. The van der Waals surface area contributed by atoms with Crippen LogP contribution in [0.3, 0.4) is 0 Å². The Bertz CT molecular complexity index is 1320. The van der Waals surface area contributed by atoms with Crippen LogP contribution in [0.2, 0.25) is 0 Å². The van der Waals surface area contributed by atoms with Gasteiger partial charge in [0.1, 0.15) is 11.9 Å². The minimum absolute atomic E-state index is 0.0553. The van der Waals surface area contributed by atoms with Gasteiger partial charge in [-0.1, -0.05) is 30.3 Å². The number of benzene rings is 3. The molecule has 0 bridgehead atoms. The fraction of sp³-hybridized carbons (Fsp3) is 0.214. The van der Waals surface area contributed by atoms with Crippen LogP contribution in [-0.2, 0) is 22.6 Å². The second-order valence-corrected chi connectivity index (χ2v) is 9.01. The number of fused-ring (bicyclic) bond motifs is 1. The molecular formula is C28H29N5O4. The summed E-state index contributed by atoms with van der Waals surface area (Å²) in [6.07, 6.45) is 0.303. The van der Waals surface area contributed by atoms with E-state index in [1.807, 2.05) is 30.3 Å². The van der Waals surface area contributed by atoms with Gasteiger partial charge in [0.05, 0.1) is 6.42 Å². The van der Waals surface area contributed by atoms with Crippen LogP contribution in [0.4, 0.5) is 11.4 Å². The molecule has 0 aliphatic carbocycles. The summed E-state index contributed by atoms with van der Waals surface area (Å²) in [6, 6.07) is 20.8. The average Bonchev–Trinajstić information content (AvgIpc) is 2.98. The predicted molar refractivity (Wildman–Crippen MR) is 142 cm³/mol. The van der Waals surface area contributed by atoms with Crippen molar-refractivity contribution < 1.29 is 19.5 Å². The van der Waals surface area contributed by atoms with Crippen LogP contribution in [0.25, 0.3) is 0 Å². The minimum atomic E-state index is -1.05. The van der Waals surface area contributed by atoms with Gasteiger partial charge in [0, 0.05) is 42.6 Å². The molecule has 37 heavy (non-hydrogen) atoms. The Morgan fingerprint density at radius 3 is 2.38 bits per heavy atom. The number of rotatable bonds is 8. The highest BCUT2D eigenvalue weighted by Crippen LogP contribution is 2.30. The number of carboxylic acids is 1. The molecule has 1 unspecified atom stereocenters. The summed E-state index contributed by atoms with van der Waals surface area (Å²) >= 11 is 0. The first kappa shape index (κ1) is 25.4. The van der Waals surface area contributed by atoms with Crippen molar-refractivity contribution in [1.82, 2.24) is 4.90 Å². The zero-order valence-electron chi connectivity index (χ0n) is 20.5. The highest BCUT2D eigenvalue weighted by Gasteiger charge is 2.34. The Labute approximate surface area is 215 Å². The van der Waals surface area contributed by atoms with Crippen molar-refractivity contribution >= 4 is 35.0 Å². The Balaban J connectivity index is 1.60. The molecule has 0 aromatic heterocycles. The number of amidine groups is 1. The molecular weight excluding hydrogens is 470 g/mol. The van der Waals surface area contributed by atoms with Crippen LogP contribution in [0.15, 0.2) is 72.8 Å². The van der Waals surface area contributed by atoms with E-state index in [-0.39, 0.29) is 30.6 Å². The van der Waals surface area contributed by atoms with Gasteiger partial charge in [-0.15, -0.1) is 0 Å². The van der Waals surface area contributed by atoms with Crippen LogP contribution in [0.5, 0.6) is 0 Å². The predicted octanol–water partition coefficient (Wildman–Crippen LogP) is 3.09. The number of likely N-dealkylation sites (N-methyl/N-ethyl adjacent to an activating group) is 1. The molecule has 4 rings (SSSR count). The zero-order valence-corrected chi connectivity index (χ0v) is 20.5. The Kier molecular flexibility index (Phi) is 7.52. The summed E-state index contributed by atoms with van der Waals surface area (Å²) in [7, 11) is 1.71. The van der Waals surface area contributed by atoms with E-state index in [1.165, 1.54) is 0 Å². The third-order valence-electron chi connectivity index (χ3n) is 6.48. The van der Waals surface area contributed by atoms with E-state index in [1.54, 1.807) is 59.3 Å². The maximum Gasteiger partial charge on any atom is 0.305 e. The molecule has 1 aliphatic heterocycles. The Hall–Kier alpha value is -4.66. The molecule has 5 N–H and O–H groups in total. The molecule has 1 atom stereocenters. The molecule has 0 saturated carbocycles. The fourth-order valence-electron chi connectivity index (χ4n) is 4.45. The lowest BCUT2D eigenvalue weighted by Crippen LogP contribution is -2.46. The van der Waals surface area contributed by atoms with Gasteiger partial charge in [-0.25, -0.2) is 0 Å². The molecule has 9 nitrogen and oxygen atoms in total. The molecule has 0 saturated heterocycles. The van der Waals surface area contributed by atoms with Crippen molar-refractivity contribution in [3.8, 4) is 0 Å². The molecule has 0 spiro atoms. The number of nitrogens with two attached hydrogens (primary N) is 1. The van der Waals surface area contributed by atoms with Crippen molar-refractivity contribution in [2.75, 3.05) is 23.8 Å². The summed E-state index contributed by atoms with van der Waals surface area (Å²) in [5, 5.41) is 19.8. The van der Waals surface area contributed by atoms with Crippen molar-refractivity contribution in [2.45, 2.75) is 25.4 Å². The number of carboxylic acid groups (broad SMARTS) is 1. The number of nitrogens with one attached hydrogen (secondary N) is 2. The molecule has 2 amide bonds. The normalized spacial score (nSPS) is 15.1. The highest BCUT2D eigenvalue weighted by atomic mass is 16.4. The van der Waals surface area contributed by atoms with E-state index >= 15 is 0 Å². The molecule has 1 heterocycles. The van der Waals surface area contributed by atoms with Gasteiger partial charge in [-0.05, 0) is 60.0 Å². The quantitative estimate of drug-likeness (QED) is 0.277. The monoisotopic (exact) mass is 499 g/mol. The number of hydrogen-bond acceptors (Lipinski definition) is 5. The van der Waals surface area contributed by atoms with E-state index in [0.717, 1.165) is 11.1 Å². The number of hydrogen-bond donors (Lipinski definition) is 4. The fourth-order valence-corrected chi connectivity index (χ4v) is 4.45. The molecule has 9 heteroatoms. The van der Waals surface area contributed by atoms with E-state index in [9.17, 15) is 19.5 Å². The largest absolute Gasteiger partial charge is 0.481 e. The van der Waals surface area contributed by atoms with Crippen LogP contribution < -0.4 is 16.0 Å². The summed E-state index contributed by atoms with van der Waals surface area (Å²) in [4.78, 5) is 41.4. The van der Waals surface area contributed by atoms with Crippen molar-refractivity contribution in [1.29, 1.82) is 5.41 Å². The van der Waals surface area contributed by atoms with E-state index in [4.69, 9.17) is 11.1 Å². The van der Waals surface area contributed by atoms with E-state index in [0.29, 0.717) is 35.5 Å². The lowest BCUT2D eigenvalue weighted by atomic mass is 10.1. The third kappa shape index (κ3) is 5.95. The van der Waals surface area contributed by atoms with Gasteiger partial charge in [-0.3, -0.25) is 19.8 Å². The van der Waals surface area contributed by atoms with Crippen LogP contribution in [-0.4, -0.2) is 53.3 Å². The first-order valence-electron chi connectivity index (χ1n) is 11.9. The molecule has 190 valence electrons. The molecule has 3 aromatic rings. The second kappa shape index (κ2) is 10.9. The summed E-state index contributed by atoms with van der Waals surface area (Å²) in [5.74, 6) is -1.69. The Morgan fingerprint density at radius 1 is 1.05 bits per heavy atom. The molecule has 0 fully saturated rings. The number of carbonyl (C=O) groups is 3. The maximum absolute atomic E-state index is 13.4. The topological polar surface area (TPSA) is 140 Å². The first-order valence-corrected chi connectivity index (χ1v) is 11.9. The van der Waals surface area contributed by atoms with Gasteiger partial charge in [-0.2, -0.15) is 0 Å². The maximum atomic E-state index is 13.4. The number of carbonyl (C=O) groups excluding carboxylic acids is 2. The number of nitrogen functional groups attached to an aromatic ring is 1. The number of anilines is 2. The SMILES string of the molecule is CN1c2ccc(C(=O)Nc3ccc(C(=N)N)cc3)cc2CN(CCc2ccccc2)C(=O)C1CC(=O)O. The highest BCUT2D eigenvalue weighted by molar-refractivity contribution is 6.05. The van der Waals surface area contributed by atoms with E-state index < -0.39 is 12.0 Å². The third-order valence-corrected chi connectivity index (χ3v) is 6.48. The van der Waals surface area contributed by atoms with Gasteiger partial charge in [0.2, 0.25) is 5.91 Å². The second-order valence-electron chi connectivity index (χ2n) is 9.01. The van der Waals surface area contributed by atoms with Gasteiger partial charge >= 0.3 is 5.97 Å². The standard InChI is InChI=1S/C28H29N5O4/c1-32-23-12-9-20(27(36)31-22-10-7-19(8-11-22)26(29)30)15-21(23)17-33(28(37)24(32)16-25(34)35)14-13-18-5-3-2-4-6-18/h2-12,15,24H,13-14,16-17H2,1H3,(H3,29,30)(H,31,36)(H,34,35). The molecule has 3 aromatic carbocycles. The summed E-state index contributed by atoms with van der Waals surface area (Å²) in [5.41, 5.74) is 9.56. The van der Waals surface area contributed by atoms with E-state index in [2.05, 4.69) is 5.32 Å². The number of amides is 2. The van der Waals surface area contributed by atoms with Crippen LogP contribution in [0, 0.1) is 5.41 Å². The average molecular weight is 500 g/mol. The minimum Gasteiger partial charge on any atom is -0.481 e. The van der Waals surface area contributed by atoms with Crippen molar-refractivity contribution in [3.63, 3.8) is 0 Å². The van der Waals surface area contributed by atoms with Gasteiger partial charge in [0.25, 0.3) is 5.91 Å². The lowest BCUT2D eigenvalue weighted by molar-refractivity contribution is -0.142. The molecule has 0 radical (unpaired) electrons. The lowest BCUT2D eigenvalue weighted by Gasteiger charge is -2.29. The van der Waals surface area contributed by atoms with Gasteiger partial charge < -0.3 is 26.0 Å². The smallest absolute Gasteiger partial charge is 0.305 e. The summed E-state index contributed by atoms with van der Waals surface area (Å²) in [6.45, 7) is 0.682. The first-order chi connectivity index (χ1) is 17.7. The van der Waals surface area contributed by atoms with Crippen molar-refractivity contribution in [3.05, 3.63) is 95.1 Å². The number of aliphatic carboxylic acids is 1. The summed E-state index contributed by atoms with van der Waals surface area (Å²) < 4.78 is 0.